The summed E-state index contributed by atoms with van der Waals surface area (Å²) in [6, 6.07) is 18.4. The number of aromatic nitrogens is 2. The van der Waals surface area contributed by atoms with Crippen molar-refractivity contribution in [1.82, 2.24) is 9.97 Å². The van der Waals surface area contributed by atoms with Crippen LogP contribution in [-0.4, -0.2) is 9.97 Å². The van der Waals surface area contributed by atoms with Crippen molar-refractivity contribution >= 4 is 22.7 Å². The standard InChI is InChI=1S/C16H14N2/c1-12(11-13-7-3-2-4-8-13)16-17-14-9-5-6-10-15(14)18-16/h2-11H,1H3,(H,17,18). The van der Waals surface area contributed by atoms with Gasteiger partial charge in [-0.15, -0.1) is 0 Å². The van der Waals surface area contributed by atoms with Crippen LogP contribution in [0.15, 0.2) is 54.6 Å². The number of imidazole rings is 1. The summed E-state index contributed by atoms with van der Waals surface area (Å²) in [5.41, 5.74) is 4.41. The third-order valence-electron chi connectivity index (χ3n) is 2.95. The topological polar surface area (TPSA) is 28.7 Å². The minimum atomic E-state index is 0.931. The third kappa shape index (κ3) is 2.05. The molecule has 0 aliphatic rings. The smallest absolute Gasteiger partial charge is 0.134 e. The summed E-state index contributed by atoms with van der Waals surface area (Å²) in [6.07, 6.45) is 2.14. The SMILES string of the molecule is CC(=Cc1ccccc1)c1nc2ccccc2[nH]1. The Morgan fingerprint density at radius 2 is 1.72 bits per heavy atom. The fraction of sp³-hybridized carbons (Fsp3) is 0.0625. The van der Waals surface area contributed by atoms with Crippen molar-refractivity contribution in [3.8, 4) is 0 Å². The predicted molar refractivity (Wildman–Crippen MR) is 76.1 cm³/mol. The molecule has 0 unspecified atom stereocenters. The van der Waals surface area contributed by atoms with Crippen molar-refractivity contribution in [2.24, 2.45) is 0 Å². The van der Waals surface area contributed by atoms with Crippen LogP contribution in [-0.2, 0) is 0 Å². The first-order chi connectivity index (χ1) is 8.83. The van der Waals surface area contributed by atoms with Crippen LogP contribution in [0.4, 0.5) is 0 Å². The van der Waals surface area contributed by atoms with E-state index >= 15 is 0 Å². The predicted octanol–water partition coefficient (Wildman–Crippen LogP) is 4.12. The van der Waals surface area contributed by atoms with Gasteiger partial charge in [0.15, 0.2) is 0 Å². The molecule has 1 N–H and O–H groups in total. The number of nitrogens with zero attached hydrogens (tertiary/aromatic N) is 1. The van der Waals surface area contributed by atoms with Gasteiger partial charge >= 0.3 is 0 Å². The average molecular weight is 234 g/mol. The molecule has 0 amide bonds. The fourth-order valence-corrected chi connectivity index (χ4v) is 2.01. The molecule has 0 radical (unpaired) electrons. The summed E-state index contributed by atoms with van der Waals surface area (Å²) in [7, 11) is 0. The number of nitrogens with one attached hydrogen (secondary N) is 1. The molecule has 0 atom stereocenters. The van der Waals surface area contributed by atoms with Crippen LogP contribution in [0, 0.1) is 0 Å². The lowest BCUT2D eigenvalue weighted by Gasteiger charge is -1.96. The summed E-state index contributed by atoms with van der Waals surface area (Å²) in [5.74, 6) is 0.931. The quantitative estimate of drug-likeness (QED) is 0.709. The third-order valence-corrected chi connectivity index (χ3v) is 2.95. The molecule has 3 aromatic rings. The maximum atomic E-state index is 4.58. The second-order valence-electron chi connectivity index (χ2n) is 4.34. The normalized spacial score (nSPS) is 11.9. The molecular weight excluding hydrogens is 220 g/mol. The van der Waals surface area contributed by atoms with Crippen LogP contribution in [0.25, 0.3) is 22.7 Å². The van der Waals surface area contributed by atoms with Crippen LogP contribution in [0.2, 0.25) is 0 Å². The van der Waals surface area contributed by atoms with Crippen LogP contribution in [0.3, 0.4) is 0 Å². The molecule has 0 fully saturated rings. The minimum Gasteiger partial charge on any atom is -0.338 e. The molecule has 0 spiro atoms. The van der Waals surface area contributed by atoms with Gasteiger partial charge in [0, 0.05) is 0 Å². The summed E-state index contributed by atoms with van der Waals surface area (Å²) in [6.45, 7) is 2.07. The van der Waals surface area contributed by atoms with E-state index in [-0.39, 0.29) is 0 Å². The number of para-hydroxylation sites is 2. The van der Waals surface area contributed by atoms with Crippen molar-refractivity contribution in [1.29, 1.82) is 0 Å². The van der Waals surface area contributed by atoms with E-state index in [2.05, 4.69) is 35.1 Å². The lowest BCUT2D eigenvalue weighted by atomic mass is 10.1. The van der Waals surface area contributed by atoms with Crippen molar-refractivity contribution in [3.63, 3.8) is 0 Å². The Kier molecular flexibility index (Phi) is 2.69. The molecule has 1 heterocycles. The molecule has 2 aromatic carbocycles. The van der Waals surface area contributed by atoms with Gasteiger partial charge in [0.2, 0.25) is 0 Å². The lowest BCUT2D eigenvalue weighted by Crippen LogP contribution is -1.82. The Labute approximate surface area is 106 Å². The molecule has 18 heavy (non-hydrogen) atoms. The molecule has 0 saturated carbocycles. The highest BCUT2D eigenvalue weighted by molar-refractivity contribution is 5.83. The van der Waals surface area contributed by atoms with Gasteiger partial charge in [0.05, 0.1) is 11.0 Å². The second-order valence-corrected chi connectivity index (χ2v) is 4.34. The molecule has 0 saturated heterocycles. The summed E-state index contributed by atoms with van der Waals surface area (Å²) in [4.78, 5) is 7.92. The Morgan fingerprint density at radius 1 is 1.00 bits per heavy atom. The maximum absolute atomic E-state index is 4.58. The Bertz CT molecular complexity index is 660. The molecule has 88 valence electrons. The van der Waals surface area contributed by atoms with Crippen LogP contribution in [0.5, 0.6) is 0 Å². The van der Waals surface area contributed by atoms with Crippen LogP contribution < -0.4 is 0 Å². The van der Waals surface area contributed by atoms with E-state index in [0.29, 0.717) is 0 Å². The van der Waals surface area contributed by atoms with Gasteiger partial charge in [-0.25, -0.2) is 4.98 Å². The lowest BCUT2D eigenvalue weighted by molar-refractivity contribution is 1.26. The minimum absolute atomic E-state index is 0.931. The van der Waals surface area contributed by atoms with Crippen molar-refractivity contribution in [2.75, 3.05) is 0 Å². The van der Waals surface area contributed by atoms with Crippen molar-refractivity contribution < 1.29 is 0 Å². The first-order valence-electron chi connectivity index (χ1n) is 6.01. The number of rotatable bonds is 2. The molecule has 2 heteroatoms. The van der Waals surface area contributed by atoms with Gasteiger partial charge < -0.3 is 4.98 Å². The number of H-pyrrole nitrogens is 1. The van der Waals surface area contributed by atoms with E-state index < -0.39 is 0 Å². The van der Waals surface area contributed by atoms with E-state index in [1.807, 2.05) is 42.5 Å². The van der Waals surface area contributed by atoms with Crippen LogP contribution in [0.1, 0.15) is 18.3 Å². The van der Waals surface area contributed by atoms with Crippen molar-refractivity contribution in [2.45, 2.75) is 6.92 Å². The Hall–Kier alpha value is -2.35. The highest BCUT2D eigenvalue weighted by atomic mass is 14.9. The maximum Gasteiger partial charge on any atom is 0.134 e. The zero-order chi connectivity index (χ0) is 12.4. The summed E-state index contributed by atoms with van der Waals surface area (Å²) >= 11 is 0. The second kappa shape index (κ2) is 4.49. The fourth-order valence-electron chi connectivity index (χ4n) is 2.01. The monoisotopic (exact) mass is 234 g/mol. The molecule has 3 rings (SSSR count). The van der Waals surface area contributed by atoms with E-state index in [0.717, 1.165) is 22.4 Å². The number of allylic oxidation sites excluding steroid dienone is 1. The molecule has 0 aliphatic carbocycles. The van der Waals surface area contributed by atoms with Crippen molar-refractivity contribution in [3.05, 3.63) is 66.0 Å². The zero-order valence-electron chi connectivity index (χ0n) is 10.2. The summed E-state index contributed by atoms with van der Waals surface area (Å²) < 4.78 is 0. The van der Waals surface area contributed by atoms with E-state index in [9.17, 15) is 0 Å². The van der Waals surface area contributed by atoms with Gasteiger partial charge in [-0.2, -0.15) is 0 Å². The first-order valence-corrected chi connectivity index (χ1v) is 6.01. The molecule has 0 bridgehead atoms. The molecule has 1 aromatic heterocycles. The number of hydrogen-bond acceptors (Lipinski definition) is 1. The van der Waals surface area contributed by atoms with Gasteiger partial charge in [-0.05, 0) is 36.3 Å². The van der Waals surface area contributed by atoms with E-state index in [1.54, 1.807) is 0 Å². The van der Waals surface area contributed by atoms with Gasteiger partial charge in [-0.1, -0.05) is 42.5 Å². The van der Waals surface area contributed by atoms with Gasteiger partial charge in [0.25, 0.3) is 0 Å². The number of hydrogen-bond donors (Lipinski definition) is 1. The largest absolute Gasteiger partial charge is 0.338 e. The van der Waals surface area contributed by atoms with Crippen LogP contribution >= 0.6 is 0 Å². The first kappa shape index (κ1) is 10.8. The molecular formula is C16H14N2. The number of aromatic amines is 1. The number of fused-ring (bicyclic) bond motifs is 1. The molecule has 0 aliphatic heterocycles. The van der Waals surface area contributed by atoms with Gasteiger partial charge in [-0.3, -0.25) is 0 Å². The molecule has 2 nitrogen and oxygen atoms in total. The Morgan fingerprint density at radius 3 is 2.50 bits per heavy atom. The highest BCUT2D eigenvalue weighted by Gasteiger charge is 2.03. The summed E-state index contributed by atoms with van der Waals surface area (Å²) in [5, 5.41) is 0. The number of benzene rings is 2. The van der Waals surface area contributed by atoms with E-state index in [4.69, 9.17) is 0 Å². The average Bonchev–Trinajstić information content (AvgIpc) is 2.84. The zero-order valence-corrected chi connectivity index (χ0v) is 10.2. The highest BCUT2D eigenvalue weighted by Crippen LogP contribution is 2.18. The Balaban J connectivity index is 2.01. The van der Waals surface area contributed by atoms with Gasteiger partial charge in [0.1, 0.15) is 5.82 Å². The van der Waals surface area contributed by atoms with E-state index in [1.165, 1.54) is 5.56 Å².